The smallest absolute Gasteiger partial charge is 0.465 e. The fraction of sp³-hybridized carbons (Fsp3) is 0.900. The van der Waals surface area contributed by atoms with Gasteiger partial charge in [-0.1, -0.05) is 66.2 Å². The second-order valence-corrected chi connectivity index (χ2v) is 8.95. The van der Waals surface area contributed by atoms with Crippen LogP contribution in [0.15, 0.2) is 0 Å². The summed E-state index contributed by atoms with van der Waals surface area (Å²) in [6.45, 7) is 8.35. The third-order valence-corrected chi connectivity index (χ3v) is 6.08. The van der Waals surface area contributed by atoms with Crippen molar-refractivity contribution in [2.75, 3.05) is 13.2 Å². The molecule has 0 rings (SSSR count). The molecule has 0 aromatic heterocycles. The molecule has 1 N–H and O–H groups in total. The summed E-state index contributed by atoms with van der Waals surface area (Å²) in [7, 11) is -4.76. The number of esters is 2. The Balaban J connectivity index is 0. The van der Waals surface area contributed by atoms with Crippen LogP contribution in [0.25, 0.3) is 0 Å². The number of ether oxygens (including phenoxy) is 2. The van der Waals surface area contributed by atoms with Gasteiger partial charge in [-0.25, -0.2) is 0 Å². The summed E-state index contributed by atoms with van der Waals surface area (Å²) >= 11 is 0. The minimum Gasteiger partial charge on any atom is -0.465 e. The maximum atomic E-state index is 12.2. The molecule has 166 valence electrons. The van der Waals surface area contributed by atoms with Gasteiger partial charge in [0, 0.05) is 0 Å². The van der Waals surface area contributed by atoms with Crippen molar-refractivity contribution in [2.24, 2.45) is 11.8 Å². The summed E-state index contributed by atoms with van der Waals surface area (Å²) in [5, 5.41) is -1.95. The molecule has 7 nitrogen and oxygen atoms in total. The Labute approximate surface area is 198 Å². The van der Waals surface area contributed by atoms with Gasteiger partial charge in [0.15, 0.2) is 5.25 Å². The summed E-state index contributed by atoms with van der Waals surface area (Å²) in [5.41, 5.74) is 0. The first-order valence-electron chi connectivity index (χ1n) is 10.5. The van der Waals surface area contributed by atoms with Crippen molar-refractivity contribution in [2.45, 2.75) is 90.7 Å². The Morgan fingerprint density at radius 1 is 0.862 bits per heavy atom. The van der Waals surface area contributed by atoms with Crippen LogP contribution in [0.4, 0.5) is 0 Å². The predicted molar refractivity (Wildman–Crippen MR) is 108 cm³/mol. The summed E-state index contributed by atoms with van der Waals surface area (Å²) in [4.78, 5) is 24.2. The molecule has 3 atom stereocenters. The van der Waals surface area contributed by atoms with E-state index < -0.39 is 33.7 Å². The number of carbonyl (C=O) groups excluding carboxylic acids is 2. The van der Waals surface area contributed by atoms with Crippen molar-refractivity contribution in [3.8, 4) is 0 Å². The van der Waals surface area contributed by atoms with Crippen molar-refractivity contribution < 1.29 is 61.6 Å². The molecule has 0 aromatic carbocycles. The molecule has 0 aromatic rings. The number of rotatable bonds is 16. The summed E-state index contributed by atoms with van der Waals surface area (Å²) in [5.74, 6) is -1.61. The molecule has 0 saturated carbocycles. The van der Waals surface area contributed by atoms with E-state index in [0.717, 1.165) is 51.4 Å². The third kappa shape index (κ3) is 14.5. The van der Waals surface area contributed by atoms with Crippen LogP contribution in [0, 0.1) is 11.8 Å². The normalized spacial score (nSPS) is 14.4. The monoisotopic (exact) mass is 445 g/mol. The maximum absolute atomic E-state index is 12.2. The number of unbranched alkanes of at least 4 members (excludes halogenated alkanes) is 2. The van der Waals surface area contributed by atoms with Crippen LogP contribution in [0.1, 0.15) is 85.5 Å². The molecule has 29 heavy (non-hydrogen) atoms. The van der Waals surface area contributed by atoms with E-state index in [1.54, 1.807) is 0 Å². The summed E-state index contributed by atoms with van der Waals surface area (Å²) < 4.78 is 42.8. The molecule has 0 heterocycles. The van der Waals surface area contributed by atoms with Gasteiger partial charge >= 0.3 is 41.5 Å². The second kappa shape index (κ2) is 17.5. The molecule has 0 saturated heterocycles. The average molecular weight is 446 g/mol. The van der Waals surface area contributed by atoms with E-state index in [9.17, 15) is 22.6 Å². The van der Waals surface area contributed by atoms with Crippen LogP contribution in [-0.4, -0.2) is 43.4 Å². The van der Waals surface area contributed by atoms with Crippen molar-refractivity contribution in [1.82, 2.24) is 0 Å². The zero-order chi connectivity index (χ0) is 21.6. The molecule has 0 aliphatic carbocycles. The molecule has 0 spiro atoms. The zero-order valence-electron chi connectivity index (χ0n) is 18.8. The first-order valence-corrected chi connectivity index (χ1v) is 12.0. The Kier molecular flexibility index (Phi) is 18.8. The minimum atomic E-state index is -4.76. The fourth-order valence-electron chi connectivity index (χ4n) is 2.82. The molecule has 3 unspecified atom stereocenters. The standard InChI is InChI=1S/C20H38O7S.Na/c1-5-9-11-16(7-3)14-26-19(21)13-18(28(23,24)25)20(22)27-15-17(8-4)12-10-6-2;/h16-18H,5-15H2,1-4H3,(H,23,24,25);/q;+1. The Morgan fingerprint density at radius 3 is 1.69 bits per heavy atom. The molecular formula is C20H38NaO7S+. The number of hydrogen-bond acceptors (Lipinski definition) is 6. The minimum absolute atomic E-state index is 0. The fourth-order valence-corrected chi connectivity index (χ4v) is 3.48. The van der Waals surface area contributed by atoms with Crippen LogP contribution in [0.3, 0.4) is 0 Å². The van der Waals surface area contributed by atoms with Crippen molar-refractivity contribution in [3.63, 3.8) is 0 Å². The van der Waals surface area contributed by atoms with Crippen LogP contribution in [-0.2, 0) is 29.2 Å². The van der Waals surface area contributed by atoms with Gasteiger partial charge in [-0.2, -0.15) is 8.42 Å². The van der Waals surface area contributed by atoms with E-state index >= 15 is 0 Å². The molecule has 0 bridgehead atoms. The van der Waals surface area contributed by atoms with Gasteiger partial charge in [0.25, 0.3) is 10.1 Å². The second-order valence-electron chi connectivity index (χ2n) is 7.35. The zero-order valence-corrected chi connectivity index (χ0v) is 21.6. The summed E-state index contributed by atoms with van der Waals surface area (Å²) in [6, 6.07) is 0. The first kappa shape index (κ1) is 31.0. The van der Waals surface area contributed by atoms with Gasteiger partial charge < -0.3 is 9.47 Å². The first-order chi connectivity index (χ1) is 13.2. The van der Waals surface area contributed by atoms with E-state index in [-0.39, 0.29) is 54.6 Å². The van der Waals surface area contributed by atoms with Gasteiger partial charge in [0.1, 0.15) is 0 Å². The van der Waals surface area contributed by atoms with Gasteiger partial charge in [-0.05, 0) is 24.7 Å². The van der Waals surface area contributed by atoms with Gasteiger partial charge in [0.05, 0.1) is 19.6 Å². The molecule has 0 aliphatic heterocycles. The Morgan fingerprint density at radius 2 is 1.31 bits per heavy atom. The molecule has 0 fully saturated rings. The average Bonchev–Trinajstić information content (AvgIpc) is 2.65. The van der Waals surface area contributed by atoms with Crippen LogP contribution in [0.5, 0.6) is 0 Å². The summed E-state index contributed by atoms with van der Waals surface area (Å²) in [6.07, 6.45) is 6.74. The van der Waals surface area contributed by atoms with Crippen molar-refractivity contribution >= 4 is 22.1 Å². The molecule has 0 aliphatic rings. The van der Waals surface area contributed by atoms with Crippen molar-refractivity contribution in [3.05, 3.63) is 0 Å². The van der Waals surface area contributed by atoms with Gasteiger partial charge in [0.2, 0.25) is 0 Å². The van der Waals surface area contributed by atoms with E-state index in [1.165, 1.54) is 0 Å². The van der Waals surface area contributed by atoms with Crippen LogP contribution >= 0.6 is 0 Å². The van der Waals surface area contributed by atoms with Crippen LogP contribution < -0.4 is 29.6 Å². The topological polar surface area (TPSA) is 107 Å². The quantitative estimate of drug-likeness (QED) is 0.216. The third-order valence-electron chi connectivity index (χ3n) is 5.00. The van der Waals surface area contributed by atoms with Crippen molar-refractivity contribution in [1.29, 1.82) is 0 Å². The van der Waals surface area contributed by atoms with E-state index in [0.29, 0.717) is 0 Å². The molecule has 0 amide bonds. The van der Waals surface area contributed by atoms with E-state index in [4.69, 9.17) is 9.47 Å². The van der Waals surface area contributed by atoms with E-state index in [1.807, 2.05) is 13.8 Å². The molecular weight excluding hydrogens is 407 g/mol. The number of hydrogen-bond donors (Lipinski definition) is 1. The Hall–Kier alpha value is -0.150. The maximum Gasteiger partial charge on any atom is 1.00 e. The van der Waals surface area contributed by atoms with Gasteiger partial charge in [-0.15, -0.1) is 0 Å². The van der Waals surface area contributed by atoms with E-state index in [2.05, 4.69) is 13.8 Å². The SMILES string of the molecule is CCCCC(CC)COC(=O)CC(C(=O)OCC(CC)CCCC)S(=O)(=O)O.[Na+]. The number of carbonyl (C=O) groups is 2. The predicted octanol–water partition coefficient (Wildman–Crippen LogP) is 1.16. The molecule has 0 radical (unpaired) electrons. The van der Waals surface area contributed by atoms with Gasteiger partial charge in [-0.3, -0.25) is 14.1 Å². The van der Waals surface area contributed by atoms with Crippen LogP contribution in [0.2, 0.25) is 0 Å². The Bertz CT molecular complexity index is 551. The molecule has 9 heteroatoms. The largest absolute Gasteiger partial charge is 1.00 e.